The molecule has 0 saturated carbocycles. The van der Waals surface area contributed by atoms with Crippen molar-refractivity contribution in [2.45, 2.75) is 32.1 Å². The number of allylic oxidation sites excluding steroid dienone is 4. The molecule has 2 heterocycles. The molecule has 0 atom stereocenters. The molecule has 0 amide bonds. The van der Waals surface area contributed by atoms with E-state index in [2.05, 4.69) is 242 Å². The Morgan fingerprint density at radius 1 is 0.561 bits per heavy atom. The van der Waals surface area contributed by atoms with Gasteiger partial charge in [0, 0.05) is 49.5 Å². The van der Waals surface area contributed by atoms with Crippen molar-refractivity contribution in [1.82, 2.24) is 4.57 Å². The van der Waals surface area contributed by atoms with Gasteiger partial charge in [0.1, 0.15) is 11.2 Å². The van der Waals surface area contributed by atoms with Crippen LogP contribution < -0.4 is 4.90 Å². The minimum Gasteiger partial charge on any atom is -0.456 e. The number of fused-ring (bicyclic) bond motifs is 8. The molecule has 0 aliphatic heterocycles. The Balaban J connectivity index is 0.920. The van der Waals surface area contributed by atoms with Gasteiger partial charge in [0.25, 0.3) is 0 Å². The Morgan fingerprint density at radius 3 is 2.11 bits per heavy atom. The minimum atomic E-state index is -0.0818. The van der Waals surface area contributed by atoms with E-state index < -0.39 is 0 Å². The highest BCUT2D eigenvalue weighted by molar-refractivity contribution is 6.14. The van der Waals surface area contributed by atoms with Crippen LogP contribution in [0, 0.1) is 12.1 Å². The monoisotopic (exact) mass is 844 g/mol. The van der Waals surface area contributed by atoms with E-state index in [1.807, 2.05) is 0 Å². The molecule has 312 valence electrons. The fraction of sp³-hybridized carbons (Fsp3) is 0.0794. The first kappa shape index (κ1) is 38.2. The number of furan rings is 1. The van der Waals surface area contributed by atoms with Gasteiger partial charge in [0.15, 0.2) is 0 Å². The van der Waals surface area contributed by atoms with Crippen LogP contribution >= 0.6 is 0 Å². The van der Waals surface area contributed by atoms with E-state index in [9.17, 15) is 0 Å². The third-order valence-corrected chi connectivity index (χ3v) is 14.1. The number of aromatic nitrogens is 1. The molecule has 2 aliphatic rings. The Labute approximate surface area is 384 Å². The zero-order chi connectivity index (χ0) is 43.9. The van der Waals surface area contributed by atoms with Crippen molar-refractivity contribution >= 4 is 66.4 Å². The number of para-hydroxylation sites is 2. The van der Waals surface area contributed by atoms with Crippen LogP contribution in [0.15, 0.2) is 216 Å². The number of hydrogen-bond donors (Lipinski definition) is 0. The topological polar surface area (TPSA) is 21.3 Å². The molecule has 11 aromatic rings. The third-order valence-electron chi connectivity index (χ3n) is 14.1. The standard InChI is InChI=1S/C63H44N2O/c1-63(2)54-22-11-9-20-51(54)62-55(63)23-14-25-58(62)64(47-33-27-42(28-34-47)41-15-5-3-6-16-41)48-35-29-43(30-36-48)49-21-13-26-60-61(49)53-40-45(32-38-59(53)66-60)44-31-37-57-52(39-44)50-19-10-12-24-56(50)65(57)46-17-7-4-8-18-46/h3-8,10-19,21-27,29-33,35-40H,9,20H2,1-2H3. The van der Waals surface area contributed by atoms with E-state index in [0.29, 0.717) is 0 Å². The van der Waals surface area contributed by atoms with Crippen molar-refractivity contribution in [1.29, 1.82) is 0 Å². The number of nitrogens with zero attached hydrogens (tertiary/aromatic N) is 2. The average Bonchev–Trinajstić information content (AvgIpc) is 4.00. The first-order valence-corrected chi connectivity index (χ1v) is 23.0. The molecule has 13 rings (SSSR count). The third kappa shape index (κ3) is 5.92. The van der Waals surface area contributed by atoms with Gasteiger partial charge in [0.2, 0.25) is 0 Å². The molecule has 3 heteroatoms. The quantitative estimate of drug-likeness (QED) is 0.159. The molecule has 66 heavy (non-hydrogen) atoms. The van der Waals surface area contributed by atoms with Gasteiger partial charge in [-0.25, -0.2) is 0 Å². The van der Waals surface area contributed by atoms with E-state index in [1.165, 1.54) is 55.3 Å². The van der Waals surface area contributed by atoms with Crippen LogP contribution in [0.2, 0.25) is 0 Å². The zero-order valence-corrected chi connectivity index (χ0v) is 36.8. The number of rotatable bonds is 7. The van der Waals surface area contributed by atoms with Crippen LogP contribution in [0.3, 0.4) is 0 Å². The fourth-order valence-electron chi connectivity index (χ4n) is 11.0. The lowest BCUT2D eigenvalue weighted by atomic mass is 9.80. The molecule has 0 fully saturated rings. The lowest BCUT2D eigenvalue weighted by Gasteiger charge is -2.28. The summed E-state index contributed by atoms with van der Waals surface area (Å²) in [5.74, 6) is 0. The van der Waals surface area contributed by atoms with Gasteiger partial charge in [-0.2, -0.15) is 0 Å². The van der Waals surface area contributed by atoms with E-state index >= 15 is 0 Å². The maximum absolute atomic E-state index is 6.58. The van der Waals surface area contributed by atoms with Crippen LogP contribution in [-0.2, 0) is 5.41 Å². The number of anilines is 3. The van der Waals surface area contributed by atoms with Crippen LogP contribution in [-0.4, -0.2) is 4.57 Å². The second kappa shape index (κ2) is 14.9. The van der Waals surface area contributed by atoms with Crippen molar-refractivity contribution in [3.63, 3.8) is 0 Å². The predicted octanol–water partition coefficient (Wildman–Crippen LogP) is 17.1. The summed E-state index contributed by atoms with van der Waals surface area (Å²) >= 11 is 0. The predicted molar refractivity (Wildman–Crippen MR) is 275 cm³/mol. The molecule has 3 nitrogen and oxygen atoms in total. The van der Waals surface area contributed by atoms with Crippen LogP contribution in [0.4, 0.5) is 17.1 Å². The summed E-state index contributed by atoms with van der Waals surface area (Å²) in [5, 5.41) is 4.70. The average molecular weight is 845 g/mol. The lowest BCUT2D eigenvalue weighted by molar-refractivity contribution is 0.651. The molecule has 0 spiro atoms. The SMILES string of the molecule is CC1(C)C2=C(CCC=C2)c2c(N(c3c#cc(-c4ccccc4)cc3)c3ccc(-c4cccc5oc6ccc(-c7ccc8c(c7)c7ccccc7n8-c7ccccc7)cc6c45)cc3)cccc21. The summed E-state index contributed by atoms with van der Waals surface area (Å²) in [7, 11) is 0. The molecule has 0 N–H and O–H groups in total. The fourth-order valence-corrected chi connectivity index (χ4v) is 11.0. The molecule has 0 unspecified atom stereocenters. The molecular formula is C63H44N2O. The molecule has 9 aromatic carbocycles. The Hall–Kier alpha value is -8.32. The molecule has 0 bridgehead atoms. The van der Waals surface area contributed by atoms with Crippen LogP contribution in [0.5, 0.6) is 0 Å². The summed E-state index contributed by atoms with van der Waals surface area (Å²) in [6, 6.07) is 77.1. The summed E-state index contributed by atoms with van der Waals surface area (Å²) in [6.07, 6.45) is 6.79. The van der Waals surface area contributed by atoms with Gasteiger partial charge in [-0.15, -0.1) is 0 Å². The second-order valence-electron chi connectivity index (χ2n) is 18.2. The summed E-state index contributed by atoms with van der Waals surface area (Å²) < 4.78 is 8.95. The Morgan fingerprint density at radius 2 is 1.29 bits per heavy atom. The zero-order valence-electron chi connectivity index (χ0n) is 36.8. The van der Waals surface area contributed by atoms with E-state index in [0.717, 1.165) is 79.7 Å². The van der Waals surface area contributed by atoms with Crippen LogP contribution in [0.25, 0.3) is 88.4 Å². The number of benzene rings is 8. The Bertz CT molecular complexity index is 3750. The normalized spacial score (nSPS) is 14.0. The molecule has 0 saturated heterocycles. The molecule has 0 radical (unpaired) electrons. The van der Waals surface area contributed by atoms with Crippen molar-refractivity contribution in [2.75, 3.05) is 4.90 Å². The minimum absolute atomic E-state index is 0.0818. The first-order chi connectivity index (χ1) is 32.5. The van der Waals surface area contributed by atoms with Crippen molar-refractivity contribution in [3.8, 4) is 39.1 Å². The maximum Gasteiger partial charge on any atom is 0.136 e. The largest absolute Gasteiger partial charge is 0.456 e. The summed E-state index contributed by atoms with van der Waals surface area (Å²) in [5.41, 5.74) is 20.8. The highest BCUT2D eigenvalue weighted by Gasteiger charge is 2.39. The molecular weight excluding hydrogens is 801 g/mol. The smallest absolute Gasteiger partial charge is 0.136 e. The van der Waals surface area contributed by atoms with Crippen LogP contribution in [0.1, 0.15) is 37.8 Å². The van der Waals surface area contributed by atoms with Gasteiger partial charge < -0.3 is 13.9 Å². The van der Waals surface area contributed by atoms with Gasteiger partial charge in [-0.1, -0.05) is 147 Å². The summed E-state index contributed by atoms with van der Waals surface area (Å²) in [4.78, 5) is 2.38. The van der Waals surface area contributed by atoms with Crippen molar-refractivity contribution in [2.24, 2.45) is 0 Å². The first-order valence-electron chi connectivity index (χ1n) is 23.0. The lowest BCUT2D eigenvalue weighted by Crippen LogP contribution is -2.17. The van der Waals surface area contributed by atoms with Crippen molar-refractivity contribution in [3.05, 3.63) is 235 Å². The van der Waals surface area contributed by atoms with E-state index in [-0.39, 0.29) is 5.41 Å². The van der Waals surface area contributed by atoms with Gasteiger partial charge in [-0.05, 0) is 142 Å². The molecule has 2 aromatic heterocycles. The highest BCUT2D eigenvalue weighted by atomic mass is 16.3. The van der Waals surface area contributed by atoms with Crippen molar-refractivity contribution < 1.29 is 4.42 Å². The molecule has 2 aliphatic carbocycles. The van der Waals surface area contributed by atoms with Gasteiger partial charge >= 0.3 is 0 Å². The Kier molecular flexibility index (Phi) is 8.60. The number of hydrogen-bond acceptors (Lipinski definition) is 2. The highest BCUT2D eigenvalue weighted by Crippen LogP contribution is 2.54. The van der Waals surface area contributed by atoms with E-state index in [1.54, 1.807) is 0 Å². The van der Waals surface area contributed by atoms with Gasteiger partial charge in [-0.3, -0.25) is 0 Å². The van der Waals surface area contributed by atoms with Gasteiger partial charge in [0.05, 0.1) is 22.4 Å². The summed E-state index contributed by atoms with van der Waals surface area (Å²) in [6.45, 7) is 4.74. The second-order valence-corrected chi connectivity index (χ2v) is 18.2. The maximum atomic E-state index is 6.58. The van der Waals surface area contributed by atoms with E-state index in [4.69, 9.17) is 4.42 Å².